The summed E-state index contributed by atoms with van der Waals surface area (Å²) < 4.78 is 0. The molecular formula is C108H87N3. The maximum Gasteiger partial charge on any atom is 0.0465 e. The first kappa shape index (κ1) is 71.4. The van der Waals surface area contributed by atoms with Crippen molar-refractivity contribution in [1.82, 2.24) is 0 Å². The third-order valence-electron chi connectivity index (χ3n) is 21.3. The molecule has 17 aromatic carbocycles. The van der Waals surface area contributed by atoms with Gasteiger partial charge in [-0.1, -0.05) is 358 Å². The third kappa shape index (κ3) is 16.1. The van der Waals surface area contributed by atoms with Crippen molar-refractivity contribution in [1.29, 1.82) is 0 Å². The number of anilines is 9. The molecule has 0 spiro atoms. The van der Waals surface area contributed by atoms with Crippen LogP contribution in [0.2, 0.25) is 0 Å². The van der Waals surface area contributed by atoms with Crippen LogP contribution in [0.5, 0.6) is 0 Å². The molecule has 1 aliphatic rings. The molecule has 0 N–H and O–H groups in total. The van der Waals surface area contributed by atoms with Crippen molar-refractivity contribution in [3.63, 3.8) is 0 Å². The molecule has 0 unspecified atom stereocenters. The van der Waals surface area contributed by atoms with Gasteiger partial charge in [-0.2, -0.15) is 0 Å². The topological polar surface area (TPSA) is 9.72 Å². The Hall–Kier alpha value is -13.9. The van der Waals surface area contributed by atoms with Crippen LogP contribution in [0, 0.1) is 20.8 Å². The Labute approximate surface area is 655 Å². The van der Waals surface area contributed by atoms with Crippen LogP contribution in [0.4, 0.5) is 51.2 Å². The molecule has 0 radical (unpaired) electrons. The number of hydrogen-bond donors (Lipinski definition) is 0. The van der Waals surface area contributed by atoms with E-state index in [9.17, 15) is 0 Å². The Morgan fingerprint density at radius 1 is 0.153 bits per heavy atom. The molecule has 3 nitrogen and oxygen atoms in total. The quantitative estimate of drug-likeness (QED) is 0.0955. The average molecular weight is 1430 g/mol. The van der Waals surface area contributed by atoms with Crippen molar-refractivity contribution >= 4 is 51.2 Å². The smallest absolute Gasteiger partial charge is 0.0465 e. The van der Waals surface area contributed by atoms with Crippen molar-refractivity contribution in [2.24, 2.45) is 0 Å². The largest absolute Gasteiger partial charge is 0.311 e. The fraction of sp³-hybridized carbons (Fsp3) is 0.0556. The summed E-state index contributed by atoms with van der Waals surface area (Å²) in [5, 5.41) is 0. The van der Waals surface area contributed by atoms with Gasteiger partial charge in [0.05, 0.1) is 0 Å². The Balaban J connectivity index is 0.000000127. The molecule has 0 aromatic heterocycles. The fourth-order valence-corrected chi connectivity index (χ4v) is 15.1. The third-order valence-corrected chi connectivity index (χ3v) is 21.3. The van der Waals surface area contributed by atoms with E-state index in [4.69, 9.17) is 0 Å². The summed E-state index contributed by atoms with van der Waals surface area (Å²) in [5.41, 5.74) is 36.6. The molecule has 3 heteroatoms. The predicted octanol–water partition coefficient (Wildman–Crippen LogP) is 30.4. The van der Waals surface area contributed by atoms with Gasteiger partial charge in [-0.15, -0.1) is 0 Å². The SMILES string of the molecule is Cc1ccc(-c2ccc(N(c3ccc(-c4ccccc4)cc3)c3ccc(-c4ccccc4)cc3)cc2)cc1.Cc1ccc(-c2ccc(N(c3ccc(-c4ccccc4)cc3)c3ccc4c(c3)C(C)(C)c3ccccc3-4)cc2)cc1.Cc1ccc(N(c2ccc(-c3ccccc3)cc2)c2ccc(-c3ccccc3)cc2)cc1. The van der Waals surface area contributed by atoms with Crippen LogP contribution >= 0.6 is 0 Å². The van der Waals surface area contributed by atoms with E-state index in [1.165, 1.54) is 123 Å². The molecule has 0 saturated heterocycles. The summed E-state index contributed by atoms with van der Waals surface area (Å²) in [5.74, 6) is 0. The number of hydrogen-bond acceptors (Lipinski definition) is 3. The first-order valence-electron chi connectivity index (χ1n) is 38.3. The molecule has 17 aromatic rings. The minimum atomic E-state index is -0.0555. The van der Waals surface area contributed by atoms with Gasteiger partial charge in [0.2, 0.25) is 0 Å². The number of rotatable bonds is 16. The molecule has 1 aliphatic carbocycles. The predicted molar refractivity (Wildman–Crippen MR) is 473 cm³/mol. The van der Waals surface area contributed by atoms with Crippen LogP contribution in [-0.4, -0.2) is 0 Å². The molecule has 0 bridgehead atoms. The van der Waals surface area contributed by atoms with Gasteiger partial charge in [-0.3, -0.25) is 0 Å². The summed E-state index contributed by atoms with van der Waals surface area (Å²) in [6.45, 7) is 11.1. The van der Waals surface area contributed by atoms with E-state index >= 15 is 0 Å². The number of benzene rings is 17. The lowest BCUT2D eigenvalue weighted by Gasteiger charge is -2.28. The Bertz CT molecular complexity index is 5710. The molecule has 0 atom stereocenters. The van der Waals surface area contributed by atoms with Gasteiger partial charge in [0.25, 0.3) is 0 Å². The van der Waals surface area contributed by atoms with Gasteiger partial charge in [0.1, 0.15) is 0 Å². The van der Waals surface area contributed by atoms with Crippen molar-refractivity contribution in [2.75, 3.05) is 14.7 Å². The van der Waals surface area contributed by atoms with E-state index in [2.05, 4.69) is 486 Å². The summed E-state index contributed by atoms with van der Waals surface area (Å²) in [4.78, 5) is 7.01. The van der Waals surface area contributed by atoms with Crippen molar-refractivity contribution in [3.8, 4) is 89.0 Å². The maximum absolute atomic E-state index is 2.40. The molecule has 0 fully saturated rings. The first-order chi connectivity index (χ1) is 54.5. The highest BCUT2D eigenvalue weighted by molar-refractivity contribution is 5.88. The zero-order valence-corrected chi connectivity index (χ0v) is 63.4. The van der Waals surface area contributed by atoms with Gasteiger partial charge < -0.3 is 14.7 Å². The van der Waals surface area contributed by atoms with Gasteiger partial charge >= 0.3 is 0 Å². The molecule has 0 saturated carbocycles. The standard InChI is InChI=1S/C40H33N.C37H29N.C31H25N/c1-28-13-15-30(16-14-28)32-19-23-34(24-20-32)41(33-21-17-31(18-22-33)29-9-5-4-6-10-29)35-25-26-37-36-11-7-8-12-38(36)40(2,3)39(37)27-35;1-28-12-14-31(15-13-28)34-20-26-37(27-21-34)38(35-22-16-32(17-23-35)29-8-4-2-5-9-29)36-24-18-33(19-25-36)30-10-6-3-7-11-30;1-24-12-18-29(19-13-24)32(30-20-14-27(15-21-30)25-8-4-2-5-9-25)31-22-16-28(17-23-31)26-10-6-3-7-11-26/h4-27H,1-3H3;2-27H,1H3;2-23H,1H3. The monoisotopic (exact) mass is 1430 g/mol. The van der Waals surface area contributed by atoms with Crippen LogP contribution < -0.4 is 14.7 Å². The lowest BCUT2D eigenvalue weighted by atomic mass is 9.82. The van der Waals surface area contributed by atoms with E-state index < -0.39 is 0 Å². The van der Waals surface area contributed by atoms with Gasteiger partial charge in [0, 0.05) is 56.6 Å². The van der Waals surface area contributed by atoms with Crippen LogP contribution in [0.15, 0.2) is 437 Å². The first-order valence-corrected chi connectivity index (χ1v) is 38.3. The minimum absolute atomic E-state index is 0.0555. The lowest BCUT2D eigenvalue weighted by molar-refractivity contribution is 0.660. The second-order valence-corrected chi connectivity index (χ2v) is 29.1. The van der Waals surface area contributed by atoms with Gasteiger partial charge in [-0.05, 0) is 230 Å². The van der Waals surface area contributed by atoms with Gasteiger partial charge in [0.15, 0.2) is 0 Å². The van der Waals surface area contributed by atoms with Gasteiger partial charge in [-0.25, -0.2) is 0 Å². The van der Waals surface area contributed by atoms with E-state index in [1.807, 2.05) is 0 Å². The summed E-state index contributed by atoms with van der Waals surface area (Å²) >= 11 is 0. The molecule has 111 heavy (non-hydrogen) atoms. The van der Waals surface area contributed by atoms with Crippen molar-refractivity contribution < 1.29 is 0 Å². The maximum atomic E-state index is 2.40. The van der Waals surface area contributed by atoms with Crippen molar-refractivity contribution in [3.05, 3.63) is 465 Å². The summed E-state index contributed by atoms with van der Waals surface area (Å²) in [6.07, 6.45) is 0. The Kier molecular flexibility index (Phi) is 21.0. The van der Waals surface area contributed by atoms with Crippen molar-refractivity contribution in [2.45, 2.75) is 40.0 Å². The average Bonchev–Trinajstić information content (AvgIpc) is 1.58. The normalized spacial score (nSPS) is 11.5. The molecule has 0 heterocycles. The van der Waals surface area contributed by atoms with Crippen LogP contribution in [0.3, 0.4) is 0 Å². The molecule has 0 aliphatic heterocycles. The molecule has 18 rings (SSSR count). The zero-order chi connectivity index (χ0) is 75.5. The fourth-order valence-electron chi connectivity index (χ4n) is 15.1. The van der Waals surface area contributed by atoms with E-state index in [0.29, 0.717) is 0 Å². The second kappa shape index (κ2) is 32.7. The lowest BCUT2D eigenvalue weighted by Crippen LogP contribution is -2.16. The van der Waals surface area contributed by atoms with E-state index in [-0.39, 0.29) is 5.41 Å². The summed E-state index contributed by atoms with van der Waals surface area (Å²) in [6, 6.07) is 157. The molecule has 0 amide bonds. The Morgan fingerprint density at radius 2 is 0.324 bits per heavy atom. The van der Waals surface area contributed by atoms with E-state index in [1.54, 1.807) is 0 Å². The second-order valence-electron chi connectivity index (χ2n) is 29.1. The summed E-state index contributed by atoms with van der Waals surface area (Å²) in [7, 11) is 0. The molecule has 534 valence electrons. The zero-order valence-electron chi connectivity index (χ0n) is 63.4. The van der Waals surface area contributed by atoms with E-state index in [0.717, 1.165) is 45.5 Å². The van der Waals surface area contributed by atoms with Crippen LogP contribution in [0.25, 0.3) is 89.0 Å². The minimum Gasteiger partial charge on any atom is -0.311 e. The highest BCUT2D eigenvalue weighted by atomic mass is 15.2. The highest BCUT2D eigenvalue weighted by Crippen LogP contribution is 2.51. The highest BCUT2D eigenvalue weighted by Gasteiger charge is 2.36. The number of aryl methyl sites for hydroxylation is 3. The Morgan fingerprint density at radius 3 is 0.577 bits per heavy atom. The van der Waals surface area contributed by atoms with Crippen LogP contribution in [0.1, 0.15) is 41.7 Å². The number of fused-ring (bicyclic) bond motifs is 3. The number of nitrogens with zero attached hydrogens (tertiary/aromatic N) is 3. The molecular weight excluding hydrogens is 1340 g/mol. The van der Waals surface area contributed by atoms with Crippen LogP contribution in [-0.2, 0) is 5.41 Å².